The number of rotatable bonds is 7. The standard InChI is InChI=1S/C16H22N2O3/c1-4-18(5-2)10-9-11-7-8-12-13(14(11)21-6-3)16(20)17-15(12)19/h7-8H,4-6,9-10H2,1-3H3,(H,17,19,20). The van der Waals surface area contributed by atoms with Crippen LogP contribution in [-0.4, -0.2) is 43.0 Å². The van der Waals surface area contributed by atoms with Gasteiger partial charge in [-0.1, -0.05) is 19.9 Å². The van der Waals surface area contributed by atoms with Gasteiger partial charge in [-0.3, -0.25) is 14.9 Å². The van der Waals surface area contributed by atoms with Gasteiger partial charge in [-0.15, -0.1) is 0 Å². The van der Waals surface area contributed by atoms with Crippen molar-refractivity contribution in [2.45, 2.75) is 27.2 Å². The molecular weight excluding hydrogens is 268 g/mol. The first-order valence-electron chi connectivity index (χ1n) is 7.49. The van der Waals surface area contributed by atoms with Crippen LogP contribution in [0, 0.1) is 0 Å². The van der Waals surface area contributed by atoms with E-state index in [4.69, 9.17) is 4.74 Å². The van der Waals surface area contributed by atoms with Crippen molar-refractivity contribution in [2.24, 2.45) is 0 Å². The lowest BCUT2D eigenvalue weighted by molar-refractivity contribution is 0.0878. The molecule has 1 aromatic carbocycles. The molecule has 0 radical (unpaired) electrons. The molecule has 0 saturated carbocycles. The zero-order chi connectivity index (χ0) is 15.4. The largest absolute Gasteiger partial charge is 0.493 e. The first kappa shape index (κ1) is 15.5. The van der Waals surface area contributed by atoms with Gasteiger partial charge in [0.1, 0.15) is 5.75 Å². The SMILES string of the molecule is CCOc1c(CCN(CC)CC)ccc2c1C(=O)NC2=O. The molecule has 1 aliphatic rings. The summed E-state index contributed by atoms with van der Waals surface area (Å²) in [7, 11) is 0. The molecule has 2 amide bonds. The van der Waals surface area contributed by atoms with Crippen LogP contribution in [0.4, 0.5) is 0 Å². The predicted octanol–water partition coefficient (Wildman–Crippen LogP) is 1.85. The lowest BCUT2D eigenvalue weighted by atomic mass is 10.0. The van der Waals surface area contributed by atoms with E-state index in [-0.39, 0.29) is 11.8 Å². The van der Waals surface area contributed by atoms with E-state index < -0.39 is 0 Å². The zero-order valence-electron chi connectivity index (χ0n) is 12.9. The number of likely N-dealkylation sites (N-methyl/N-ethyl adjacent to an activating group) is 1. The van der Waals surface area contributed by atoms with Crippen molar-refractivity contribution in [1.82, 2.24) is 10.2 Å². The first-order valence-corrected chi connectivity index (χ1v) is 7.49. The molecule has 0 saturated heterocycles. The summed E-state index contributed by atoms with van der Waals surface area (Å²) in [5.41, 5.74) is 1.78. The number of nitrogens with zero attached hydrogens (tertiary/aromatic N) is 1. The first-order chi connectivity index (χ1) is 10.1. The van der Waals surface area contributed by atoms with Crippen LogP contribution in [0.2, 0.25) is 0 Å². The number of hydrogen-bond donors (Lipinski definition) is 1. The van der Waals surface area contributed by atoms with Gasteiger partial charge in [0.2, 0.25) is 0 Å². The highest BCUT2D eigenvalue weighted by Crippen LogP contribution is 2.31. The number of benzene rings is 1. The molecule has 0 bridgehead atoms. The second-order valence-electron chi connectivity index (χ2n) is 4.97. The van der Waals surface area contributed by atoms with Gasteiger partial charge in [0.15, 0.2) is 0 Å². The maximum absolute atomic E-state index is 12.0. The monoisotopic (exact) mass is 290 g/mol. The van der Waals surface area contributed by atoms with Gasteiger partial charge in [0.25, 0.3) is 11.8 Å². The zero-order valence-corrected chi connectivity index (χ0v) is 12.9. The van der Waals surface area contributed by atoms with E-state index in [1.54, 1.807) is 6.07 Å². The smallest absolute Gasteiger partial charge is 0.262 e. The summed E-state index contributed by atoms with van der Waals surface area (Å²) < 4.78 is 5.67. The van der Waals surface area contributed by atoms with Gasteiger partial charge in [0, 0.05) is 6.54 Å². The van der Waals surface area contributed by atoms with E-state index in [1.807, 2.05) is 13.0 Å². The Hall–Kier alpha value is -1.88. The molecular formula is C16H22N2O3. The fourth-order valence-corrected chi connectivity index (χ4v) is 2.60. The Balaban J connectivity index is 2.32. The minimum absolute atomic E-state index is 0.341. The lowest BCUT2D eigenvalue weighted by Crippen LogP contribution is -2.25. The van der Waals surface area contributed by atoms with Gasteiger partial charge in [-0.05, 0) is 38.1 Å². The molecule has 0 spiro atoms. The Morgan fingerprint density at radius 2 is 1.81 bits per heavy atom. The third-order valence-corrected chi connectivity index (χ3v) is 3.82. The van der Waals surface area contributed by atoms with E-state index in [0.717, 1.165) is 31.6 Å². The fraction of sp³-hybridized carbons (Fsp3) is 0.500. The van der Waals surface area contributed by atoms with E-state index in [0.29, 0.717) is 23.5 Å². The van der Waals surface area contributed by atoms with Crippen molar-refractivity contribution < 1.29 is 14.3 Å². The Morgan fingerprint density at radius 3 is 2.43 bits per heavy atom. The molecule has 1 aromatic rings. The third kappa shape index (κ3) is 3.08. The molecule has 5 heteroatoms. The summed E-state index contributed by atoms with van der Waals surface area (Å²) in [5, 5.41) is 2.33. The van der Waals surface area contributed by atoms with Crippen molar-refractivity contribution in [3.05, 3.63) is 28.8 Å². The average Bonchev–Trinajstić information content (AvgIpc) is 2.77. The van der Waals surface area contributed by atoms with Gasteiger partial charge in [-0.2, -0.15) is 0 Å². The second-order valence-corrected chi connectivity index (χ2v) is 4.97. The minimum Gasteiger partial charge on any atom is -0.493 e. The van der Waals surface area contributed by atoms with E-state index in [2.05, 4.69) is 24.1 Å². The van der Waals surface area contributed by atoms with Crippen molar-refractivity contribution in [3.63, 3.8) is 0 Å². The molecule has 1 heterocycles. The molecule has 0 atom stereocenters. The summed E-state index contributed by atoms with van der Waals surface area (Å²) in [6.45, 7) is 9.48. The van der Waals surface area contributed by atoms with Crippen LogP contribution in [0.3, 0.4) is 0 Å². The molecule has 21 heavy (non-hydrogen) atoms. The predicted molar refractivity (Wildman–Crippen MR) is 80.9 cm³/mol. The summed E-state index contributed by atoms with van der Waals surface area (Å²) in [6.07, 6.45) is 0.797. The van der Waals surface area contributed by atoms with Crippen molar-refractivity contribution in [2.75, 3.05) is 26.2 Å². The lowest BCUT2D eigenvalue weighted by Gasteiger charge is -2.19. The van der Waals surface area contributed by atoms with E-state index in [1.165, 1.54) is 0 Å². The van der Waals surface area contributed by atoms with Gasteiger partial charge >= 0.3 is 0 Å². The van der Waals surface area contributed by atoms with Crippen molar-refractivity contribution in [1.29, 1.82) is 0 Å². The summed E-state index contributed by atoms with van der Waals surface area (Å²) in [6, 6.07) is 3.61. The van der Waals surface area contributed by atoms with Crippen LogP contribution in [0.1, 0.15) is 47.1 Å². The number of carbonyl (C=O) groups is 2. The second kappa shape index (κ2) is 6.72. The number of ether oxygens (including phenoxy) is 1. The number of carbonyl (C=O) groups excluding carboxylic acids is 2. The maximum Gasteiger partial charge on any atom is 0.262 e. The van der Waals surface area contributed by atoms with Gasteiger partial charge in [0.05, 0.1) is 17.7 Å². The van der Waals surface area contributed by atoms with Crippen LogP contribution < -0.4 is 10.1 Å². The molecule has 0 aliphatic carbocycles. The Labute approximate surface area is 125 Å². The summed E-state index contributed by atoms with van der Waals surface area (Å²) >= 11 is 0. The molecule has 1 aliphatic heterocycles. The van der Waals surface area contributed by atoms with Crippen LogP contribution in [0.15, 0.2) is 12.1 Å². The summed E-state index contributed by atoms with van der Waals surface area (Å²) in [4.78, 5) is 26.0. The number of amides is 2. The van der Waals surface area contributed by atoms with Gasteiger partial charge < -0.3 is 9.64 Å². The minimum atomic E-state index is -0.358. The summed E-state index contributed by atoms with van der Waals surface area (Å²) in [5.74, 6) is -0.139. The molecule has 114 valence electrons. The highest BCUT2D eigenvalue weighted by Gasteiger charge is 2.31. The van der Waals surface area contributed by atoms with Gasteiger partial charge in [-0.25, -0.2) is 0 Å². The Morgan fingerprint density at radius 1 is 1.10 bits per heavy atom. The van der Waals surface area contributed by atoms with E-state index >= 15 is 0 Å². The van der Waals surface area contributed by atoms with Crippen LogP contribution in [0.5, 0.6) is 5.75 Å². The third-order valence-electron chi connectivity index (χ3n) is 3.82. The number of fused-ring (bicyclic) bond motifs is 1. The fourth-order valence-electron chi connectivity index (χ4n) is 2.60. The van der Waals surface area contributed by atoms with Crippen LogP contribution in [0.25, 0.3) is 0 Å². The normalized spacial score (nSPS) is 13.5. The maximum atomic E-state index is 12.0. The molecule has 2 rings (SSSR count). The Bertz CT molecular complexity index is 551. The number of imide groups is 1. The van der Waals surface area contributed by atoms with Crippen molar-refractivity contribution in [3.8, 4) is 5.75 Å². The highest BCUT2D eigenvalue weighted by atomic mass is 16.5. The van der Waals surface area contributed by atoms with Crippen molar-refractivity contribution >= 4 is 11.8 Å². The van der Waals surface area contributed by atoms with Crippen LogP contribution in [-0.2, 0) is 6.42 Å². The quantitative estimate of drug-likeness (QED) is 0.779. The molecule has 5 nitrogen and oxygen atoms in total. The molecule has 0 fully saturated rings. The topological polar surface area (TPSA) is 58.6 Å². The van der Waals surface area contributed by atoms with E-state index in [9.17, 15) is 9.59 Å². The van der Waals surface area contributed by atoms with Crippen LogP contribution >= 0.6 is 0 Å². The number of nitrogens with one attached hydrogen (secondary N) is 1. The molecule has 0 unspecified atom stereocenters. The molecule has 0 aromatic heterocycles. The highest BCUT2D eigenvalue weighted by molar-refractivity contribution is 6.22. The Kier molecular flexibility index (Phi) is 4.96. The average molecular weight is 290 g/mol. The molecule has 1 N–H and O–H groups in total. The number of hydrogen-bond acceptors (Lipinski definition) is 4.